The van der Waals surface area contributed by atoms with E-state index in [4.69, 9.17) is 9.73 Å². The molecule has 8 heteroatoms. The Balaban J connectivity index is 1.91. The molecule has 0 aliphatic heterocycles. The van der Waals surface area contributed by atoms with E-state index in [1.165, 1.54) is 19.2 Å². The number of nitrogens with one attached hydrogen (secondary N) is 1. The van der Waals surface area contributed by atoms with Crippen molar-refractivity contribution in [3.05, 3.63) is 136 Å². The summed E-state index contributed by atoms with van der Waals surface area (Å²) in [4.78, 5) is 18.3. The fourth-order valence-corrected chi connectivity index (χ4v) is 5.76. The Hall–Kier alpha value is -3.59. The van der Waals surface area contributed by atoms with Gasteiger partial charge in [0.2, 0.25) is 10.0 Å². The summed E-state index contributed by atoms with van der Waals surface area (Å²) in [6, 6.07) is 30.2. The molecule has 0 unspecified atom stereocenters. The quantitative estimate of drug-likeness (QED) is 0.195. The maximum Gasteiger partial charge on any atom is 0.332 e. The third kappa shape index (κ3) is 6.45. The molecule has 4 aromatic rings. The first-order valence-electron chi connectivity index (χ1n) is 11.9. The van der Waals surface area contributed by atoms with Crippen LogP contribution in [0.3, 0.4) is 0 Å². The normalized spacial score (nSPS) is 12.8. The second kappa shape index (κ2) is 12.3. The molecule has 194 valence electrons. The number of methoxy groups -OCH3 is 1. The van der Waals surface area contributed by atoms with Crippen LogP contribution in [-0.2, 0) is 19.6 Å². The molecule has 4 aromatic carbocycles. The first-order chi connectivity index (χ1) is 18.3. The Kier molecular flexibility index (Phi) is 8.89. The van der Waals surface area contributed by atoms with Crippen molar-refractivity contribution in [3.8, 4) is 0 Å². The van der Waals surface area contributed by atoms with Crippen LogP contribution < -0.4 is 4.72 Å². The number of hydrogen-bond acceptors (Lipinski definition) is 5. The Morgan fingerprint density at radius 1 is 0.816 bits per heavy atom. The average Bonchev–Trinajstić information content (AvgIpc) is 2.94. The van der Waals surface area contributed by atoms with Crippen LogP contribution >= 0.6 is 15.9 Å². The maximum absolute atomic E-state index is 13.6. The molecular weight excluding hydrogens is 564 g/mol. The van der Waals surface area contributed by atoms with Crippen molar-refractivity contribution in [3.63, 3.8) is 0 Å². The van der Waals surface area contributed by atoms with E-state index in [9.17, 15) is 13.2 Å². The number of aliphatic imine (C=N–C) groups is 1. The van der Waals surface area contributed by atoms with E-state index >= 15 is 0 Å². The van der Waals surface area contributed by atoms with Gasteiger partial charge in [-0.25, -0.2) is 17.9 Å². The lowest BCUT2D eigenvalue weighted by Gasteiger charge is -2.26. The van der Waals surface area contributed by atoms with Gasteiger partial charge in [-0.3, -0.25) is 4.99 Å². The summed E-state index contributed by atoms with van der Waals surface area (Å²) < 4.78 is 35.6. The van der Waals surface area contributed by atoms with Crippen LogP contribution in [0.5, 0.6) is 0 Å². The van der Waals surface area contributed by atoms with Crippen LogP contribution in [0.4, 0.5) is 0 Å². The highest BCUT2D eigenvalue weighted by Crippen LogP contribution is 2.30. The minimum Gasteiger partial charge on any atom is -0.467 e. The first kappa shape index (κ1) is 27.4. The molecule has 0 heterocycles. The van der Waals surface area contributed by atoms with Crippen molar-refractivity contribution in [1.29, 1.82) is 0 Å². The van der Waals surface area contributed by atoms with Gasteiger partial charge in [-0.05, 0) is 30.7 Å². The van der Waals surface area contributed by atoms with Crippen molar-refractivity contribution < 1.29 is 17.9 Å². The number of hydrogen-bond donors (Lipinski definition) is 1. The summed E-state index contributed by atoms with van der Waals surface area (Å²) in [7, 11) is -2.78. The van der Waals surface area contributed by atoms with E-state index in [1.807, 2.05) is 73.7 Å². The Morgan fingerprint density at radius 2 is 1.34 bits per heavy atom. The summed E-state index contributed by atoms with van der Waals surface area (Å²) >= 11 is 3.53. The molecule has 4 rings (SSSR count). The standard InChI is InChI=1S/C30H27BrN2O4S/c1-21-17-19-24(20-18-21)38(35,36)33-28(25-15-9-10-16-26(25)31)29(30(34)37-2)32-27(22-11-5-3-6-12-22)23-13-7-4-8-14-23/h3-20,28-29,33H,1-2H3/t28-,29+/m1/s1. The number of rotatable bonds is 9. The van der Waals surface area contributed by atoms with Crippen molar-refractivity contribution in [2.75, 3.05) is 7.11 Å². The fourth-order valence-electron chi connectivity index (χ4n) is 4.01. The lowest BCUT2D eigenvalue weighted by Crippen LogP contribution is -2.41. The number of sulfonamides is 1. The van der Waals surface area contributed by atoms with Gasteiger partial charge in [0.1, 0.15) is 0 Å². The summed E-state index contributed by atoms with van der Waals surface area (Å²) in [5, 5.41) is 0. The van der Waals surface area contributed by atoms with E-state index in [-0.39, 0.29) is 4.90 Å². The van der Waals surface area contributed by atoms with Crippen molar-refractivity contribution in [2.45, 2.75) is 23.9 Å². The number of aryl methyl sites for hydroxylation is 1. The second-order valence-electron chi connectivity index (χ2n) is 8.61. The molecule has 0 saturated carbocycles. The lowest BCUT2D eigenvalue weighted by molar-refractivity contribution is -0.142. The van der Waals surface area contributed by atoms with E-state index in [0.717, 1.165) is 16.7 Å². The zero-order chi connectivity index (χ0) is 27.1. The van der Waals surface area contributed by atoms with Crippen LogP contribution in [0.15, 0.2) is 124 Å². The molecule has 0 saturated heterocycles. The number of halogens is 1. The van der Waals surface area contributed by atoms with Crippen molar-refractivity contribution >= 4 is 37.6 Å². The highest BCUT2D eigenvalue weighted by molar-refractivity contribution is 9.10. The number of carbonyl (C=O) groups is 1. The smallest absolute Gasteiger partial charge is 0.332 e. The van der Waals surface area contributed by atoms with Gasteiger partial charge in [0.15, 0.2) is 6.04 Å². The number of carbonyl (C=O) groups excluding carboxylic acids is 1. The SMILES string of the molecule is COC(=O)[C@@H](N=C(c1ccccc1)c1ccccc1)[C@H](NS(=O)(=O)c1ccc(C)cc1)c1ccccc1Br. The van der Waals surface area contributed by atoms with Crippen LogP contribution in [0, 0.1) is 6.92 Å². The van der Waals surface area contributed by atoms with Gasteiger partial charge in [-0.1, -0.05) is 112 Å². The topological polar surface area (TPSA) is 84.8 Å². The molecule has 0 radical (unpaired) electrons. The predicted octanol–water partition coefficient (Wildman–Crippen LogP) is 5.86. The third-order valence-electron chi connectivity index (χ3n) is 5.97. The van der Waals surface area contributed by atoms with Gasteiger partial charge in [0.25, 0.3) is 0 Å². The molecule has 0 spiro atoms. The summed E-state index contributed by atoms with van der Waals surface area (Å²) in [6.07, 6.45) is 0. The molecule has 0 fully saturated rings. The summed E-state index contributed by atoms with van der Waals surface area (Å²) in [5.74, 6) is -0.679. The van der Waals surface area contributed by atoms with Gasteiger partial charge < -0.3 is 4.74 Å². The average molecular weight is 592 g/mol. The molecule has 0 aliphatic rings. The molecule has 0 bridgehead atoms. The largest absolute Gasteiger partial charge is 0.467 e. The highest BCUT2D eigenvalue weighted by atomic mass is 79.9. The van der Waals surface area contributed by atoms with Crippen LogP contribution in [-0.4, -0.2) is 33.3 Å². The van der Waals surface area contributed by atoms with E-state index < -0.39 is 28.1 Å². The Labute approximate surface area is 231 Å². The van der Waals surface area contributed by atoms with Crippen molar-refractivity contribution in [2.24, 2.45) is 4.99 Å². The number of esters is 1. The first-order valence-corrected chi connectivity index (χ1v) is 14.2. The predicted molar refractivity (Wildman–Crippen MR) is 153 cm³/mol. The van der Waals surface area contributed by atoms with Crippen molar-refractivity contribution in [1.82, 2.24) is 4.72 Å². The Morgan fingerprint density at radius 3 is 1.87 bits per heavy atom. The molecule has 6 nitrogen and oxygen atoms in total. The van der Waals surface area contributed by atoms with Gasteiger partial charge in [-0.15, -0.1) is 0 Å². The number of nitrogens with zero attached hydrogens (tertiary/aromatic N) is 1. The maximum atomic E-state index is 13.6. The van der Waals surface area contributed by atoms with E-state index in [0.29, 0.717) is 15.7 Å². The van der Waals surface area contributed by atoms with Gasteiger partial charge in [-0.2, -0.15) is 0 Å². The highest BCUT2D eigenvalue weighted by Gasteiger charge is 2.36. The molecule has 0 aromatic heterocycles. The molecule has 1 N–H and O–H groups in total. The Bertz CT molecular complexity index is 1480. The van der Waals surface area contributed by atoms with Crippen LogP contribution in [0.2, 0.25) is 0 Å². The lowest BCUT2D eigenvalue weighted by atomic mass is 9.98. The molecule has 38 heavy (non-hydrogen) atoms. The molecule has 0 amide bonds. The molecular formula is C30H27BrN2O4S. The zero-order valence-electron chi connectivity index (χ0n) is 20.9. The minimum absolute atomic E-state index is 0.0825. The van der Waals surface area contributed by atoms with Crippen LogP contribution in [0.25, 0.3) is 0 Å². The number of benzene rings is 4. The summed E-state index contributed by atoms with van der Waals surface area (Å²) in [6.45, 7) is 1.88. The van der Waals surface area contributed by atoms with Crippen LogP contribution in [0.1, 0.15) is 28.3 Å². The van der Waals surface area contributed by atoms with Gasteiger partial charge in [0.05, 0.1) is 23.8 Å². The summed E-state index contributed by atoms with van der Waals surface area (Å²) in [5.41, 5.74) is 3.56. The van der Waals surface area contributed by atoms with E-state index in [2.05, 4.69) is 20.7 Å². The third-order valence-corrected chi connectivity index (χ3v) is 8.15. The van der Waals surface area contributed by atoms with Gasteiger partial charge >= 0.3 is 5.97 Å². The van der Waals surface area contributed by atoms with E-state index in [1.54, 1.807) is 30.3 Å². The molecule has 0 aliphatic carbocycles. The van der Waals surface area contributed by atoms with Gasteiger partial charge in [0, 0.05) is 15.6 Å². The monoisotopic (exact) mass is 590 g/mol. The second-order valence-corrected chi connectivity index (χ2v) is 11.2. The fraction of sp³-hybridized carbons (Fsp3) is 0.133. The zero-order valence-corrected chi connectivity index (χ0v) is 23.3. The molecule has 2 atom stereocenters. The minimum atomic E-state index is -4.04. The number of ether oxygens (including phenoxy) is 1.